The van der Waals surface area contributed by atoms with Crippen LogP contribution in [-0.2, 0) is 20.6 Å². The second-order valence-corrected chi connectivity index (χ2v) is 13.2. The third-order valence-corrected chi connectivity index (χ3v) is 9.82. The van der Waals surface area contributed by atoms with E-state index in [1.807, 2.05) is 30.7 Å². The van der Waals surface area contributed by atoms with Crippen molar-refractivity contribution in [3.8, 4) is 22.6 Å². The van der Waals surface area contributed by atoms with Crippen molar-refractivity contribution in [3.63, 3.8) is 0 Å². The van der Waals surface area contributed by atoms with Crippen LogP contribution in [0.5, 0.6) is 0 Å². The zero-order valence-electron chi connectivity index (χ0n) is 24.3. The Morgan fingerprint density at radius 1 is 1.07 bits per heavy atom. The standard InChI is InChI=1S/C30H33N7O3S2/c1-19-6-8-23(9-7-19)42(38,39)37-13-11-25-24(10-12-31-30(25)37)29-32-26(28-21(3)34-36(18-41-5)22(28)4)16-27(33-29)35-14-15-40-17-20(35)2/h6-13,16,20H,14-15,17-18H2,1-5H3/t20-/m1/s1. The molecule has 1 atom stereocenters. The maximum atomic E-state index is 13.6. The molecule has 0 spiro atoms. The van der Waals surface area contributed by atoms with Gasteiger partial charge in [0.1, 0.15) is 5.82 Å². The van der Waals surface area contributed by atoms with Crippen molar-refractivity contribution in [1.82, 2.24) is 28.7 Å². The van der Waals surface area contributed by atoms with Gasteiger partial charge < -0.3 is 9.64 Å². The van der Waals surface area contributed by atoms with E-state index in [0.717, 1.165) is 39.9 Å². The lowest BCUT2D eigenvalue weighted by atomic mass is 10.1. The molecule has 6 rings (SSSR count). The number of nitrogens with zero attached hydrogens (tertiary/aromatic N) is 7. The van der Waals surface area contributed by atoms with Gasteiger partial charge in [0, 0.05) is 47.2 Å². The Hall–Kier alpha value is -3.74. The van der Waals surface area contributed by atoms with Crippen LogP contribution in [0, 0.1) is 20.8 Å². The summed E-state index contributed by atoms with van der Waals surface area (Å²) in [5, 5.41) is 5.42. The van der Waals surface area contributed by atoms with Crippen LogP contribution in [0.1, 0.15) is 23.9 Å². The first-order chi connectivity index (χ1) is 20.2. The molecule has 0 radical (unpaired) electrons. The molecule has 0 amide bonds. The summed E-state index contributed by atoms with van der Waals surface area (Å²) in [6, 6.07) is 12.6. The molecule has 10 nitrogen and oxygen atoms in total. The Kier molecular flexibility index (Phi) is 7.54. The number of aryl methyl sites for hydroxylation is 2. The monoisotopic (exact) mass is 603 g/mol. The number of thioether (sulfide) groups is 1. The number of morpholine rings is 1. The van der Waals surface area contributed by atoms with Gasteiger partial charge in [0.15, 0.2) is 11.5 Å². The Morgan fingerprint density at radius 2 is 1.86 bits per heavy atom. The van der Waals surface area contributed by atoms with Gasteiger partial charge in [-0.05, 0) is 58.2 Å². The number of aromatic nitrogens is 6. The van der Waals surface area contributed by atoms with Gasteiger partial charge in [-0.1, -0.05) is 17.7 Å². The fourth-order valence-electron chi connectivity index (χ4n) is 5.44. The third kappa shape index (κ3) is 4.97. The van der Waals surface area contributed by atoms with Crippen LogP contribution in [0.25, 0.3) is 33.7 Å². The lowest BCUT2D eigenvalue weighted by Crippen LogP contribution is -2.44. The molecule has 1 aromatic carbocycles. The number of hydrogen-bond donors (Lipinski definition) is 0. The fraction of sp³-hybridized carbons (Fsp3) is 0.333. The highest BCUT2D eigenvalue weighted by Crippen LogP contribution is 2.34. The Labute approximate surface area is 249 Å². The van der Waals surface area contributed by atoms with Crippen molar-refractivity contribution >= 4 is 38.6 Å². The minimum Gasteiger partial charge on any atom is -0.377 e. The minimum absolute atomic E-state index is 0.133. The van der Waals surface area contributed by atoms with E-state index in [2.05, 4.69) is 30.0 Å². The van der Waals surface area contributed by atoms with Crippen LogP contribution in [0.2, 0.25) is 0 Å². The molecule has 1 fully saturated rings. The number of ether oxygens (including phenoxy) is 1. The molecule has 0 N–H and O–H groups in total. The van der Waals surface area contributed by atoms with Crippen LogP contribution < -0.4 is 4.90 Å². The van der Waals surface area contributed by atoms with Crippen molar-refractivity contribution in [2.75, 3.05) is 30.9 Å². The lowest BCUT2D eigenvalue weighted by molar-refractivity contribution is 0.0985. The molecule has 0 saturated carbocycles. The predicted molar refractivity (Wildman–Crippen MR) is 166 cm³/mol. The molecule has 218 valence electrons. The normalized spacial score (nSPS) is 15.9. The molecule has 4 aromatic heterocycles. The van der Waals surface area contributed by atoms with Crippen LogP contribution in [-0.4, -0.2) is 69.2 Å². The van der Waals surface area contributed by atoms with Crippen LogP contribution in [0.15, 0.2) is 59.8 Å². The average Bonchev–Trinajstić information content (AvgIpc) is 3.54. The maximum Gasteiger partial charge on any atom is 0.269 e. The van der Waals surface area contributed by atoms with Crippen molar-refractivity contribution < 1.29 is 13.2 Å². The molecular formula is C30H33N7O3S2. The Balaban J connectivity index is 1.53. The SMILES string of the molecule is CSCn1nc(C)c(-c2cc(N3CCOC[C@H]3C)nc(-c3ccnc4c3ccn4S(=O)(=O)c3ccc(C)cc3)n2)c1C. The zero-order valence-corrected chi connectivity index (χ0v) is 25.9. The number of anilines is 1. The molecule has 12 heteroatoms. The van der Waals surface area contributed by atoms with Gasteiger partial charge in [-0.2, -0.15) is 5.10 Å². The van der Waals surface area contributed by atoms with Crippen LogP contribution in [0.4, 0.5) is 5.82 Å². The highest BCUT2D eigenvalue weighted by molar-refractivity contribution is 7.97. The first-order valence-electron chi connectivity index (χ1n) is 13.7. The first kappa shape index (κ1) is 28.4. The van der Waals surface area contributed by atoms with Crippen molar-refractivity contribution in [2.24, 2.45) is 0 Å². The van der Waals surface area contributed by atoms with Gasteiger partial charge in [-0.25, -0.2) is 27.3 Å². The van der Waals surface area contributed by atoms with Gasteiger partial charge in [0.2, 0.25) is 0 Å². The van der Waals surface area contributed by atoms with Crippen LogP contribution >= 0.6 is 11.8 Å². The van der Waals surface area contributed by atoms with E-state index >= 15 is 0 Å². The predicted octanol–water partition coefficient (Wildman–Crippen LogP) is 5.06. The van der Waals surface area contributed by atoms with E-state index in [0.29, 0.717) is 42.2 Å². The molecule has 1 aliphatic rings. The largest absolute Gasteiger partial charge is 0.377 e. The molecule has 0 bridgehead atoms. The van der Waals surface area contributed by atoms with Crippen molar-refractivity contribution in [1.29, 1.82) is 0 Å². The smallest absolute Gasteiger partial charge is 0.269 e. The van der Waals surface area contributed by atoms with Gasteiger partial charge in [-0.15, -0.1) is 11.8 Å². The van der Waals surface area contributed by atoms with E-state index in [1.54, 1.807) is 54.5 Å². The van der Waals surface area contributed by atoms with E-state index in [4.69, 9.17) is 19.8 Å². The molecular weight excluding hydrogens is 571 g/mol. The van der Waals surface area contributed by atoms with E-state index < -0.39 is 10.0 Å². The first-order valence-corrected chi connectivity index (χ1v) is 16.6. The molecule has 1 saturated heterocycles. The summed E-state index contributed by atoms with van der Waals surface area (Å²) in [6.45, 7) is 10.0. The number of fused-ring (bicyclic) bond motifs is 1. The van der Waals surface area contributed by atoms with Gasteiger partial charge in [0.25, 0.3) is 10.0 Å². The zero-order chi connectivity index (χ0) is 29.6. The molecule has 42 heavy (non-hydrogen) atoms. The summed E-state index contributed by atoms with van der Waals surface area (Å²) in [7, 11) is -3.86. The average molecular weight is 604 g/mol. The second kappa shape index (κ2) is 11.2. The van der Waals surface area contributed by atoms with Gasteiger partial charge in [0.05, 0.1) is 41.4 Å². The molecule has 0 aliphatic carbocycles. The summed E-state index contributed by atoms with van der Waals surface area (Å²) in [5.41, 5.74) is 5.67. The summed E-state index contributed by atoms with van der Waals surface area (Å²) in [4.78, 5) is 17.0. The quantitative estimate of drug-likeness (QED) is 0.252. The molecule has 5 aromatic rings. The highest BCUT2D eigenvalue weighted by atomic mass is 32.2. The third-order valence-electron chi connectivity index (χ3n) is 7.64. The van der Waals surface area contributed by atoms with Crippen LogP contribution in [0.3, 0.4) is 0 Å². The second-order valence-electron chi connectivity index (χ2n) is 10.5. The number of benzene rings is 1. The number of pyridine rings is 1. The summed E-state index contributed by atoms with van der Waals surface area (Å²) < 4.78 is 36.1. The lowest BCUT2D eigenvalue weighted by Gasteiger charge is -2.34. The number of rotatable bonds is 7. The van der Waals surface area contributed by atoms with Crippen molar-refractivity contribution in [3.05, 3.63) is 71.8 Å². The summed E-state index contributed by atoms with van der Waals surface area (Å²) >= 11 is 1.70. The van der Waals surface area contributed by atoms with E-state index in [-0.39, 0.29) is 10.9 Å². The fourth-order valence-corrected chi connectivity index (χ4v) is 7.24. The molecule has 0 unspecified atom stereocenters. The minimum atomic E-state index is -3.86. The van der Waals surface area contributed by atoms with Gasteiger partial charge >= 0.3 is 0 Å². The summed E-state index contributed by atoms with van der Waals surface area (Å²) in [6.07, 6.45) is 5.21. The molecule has 5 heterocycles. The Morgan fingerprint density at radius 3 is 2.60 bits per heavy atom. The van der Waals surface area contributed by atoms with E-state index in [9.17, 15) is 8.42 Å². The Bertz CT molecular complexity index is 1880. The highest BCUT2D eigenvalue weighted by Gasteiger charge is 2.26. The summed E-state index contributed by atoms with van der Waals surface area (Å²) in [5.74, 6) is 2.03. The van der Waals surface area contributed by atoms with E-state index in [1.165, 1.54) is 3.97 Å². The topological polar surface area (TPSA) is 108 Å². The van der Waals surface area contributed by atoms with Gasteiger partial charge in [-0.3, -0.25) is 4.68 Å². The van der Waals surface area contributed by atoms with Crippen molar-refractivity contribution in [2.45, 2.75) is 44.5 Å². The number of hydrogen-bond acceptors (Lipinski definition) is 9. The molecule has 1 aliphatic heterocycles. The maximum absolute atomic E-state index is 13.6.